The van der Waals surface area contributed by atoms with Gasteiger partial charge in [0, 0.05) is 13.7 Å². The Morgan fingerprint density at radius 2 is 2.39 bits per heavy atom. The van der Waals surface area contributed by atoms with Gasteiger partial charge in [0.2, 0.25) is 0 Å². The quantitative estimate of drug-likeness (QED) is 0.925. The van der Waals surface area contributed by atoms with Gasteiger partial charge in [0.25, 0.3) is 5.91 Å². The van der Waals surface area contributed by atoms with E-state index in [-0.39, 0.29) is 18.1 Å². The third-order valence-electron chi connectivity index (χ3n) is 3.36. The summed E-state index contributed by atoms with van der Waals surface area (Å²) in [7, 11) is 1.82. The van der Waals surface area contributed by atoms with Crippen molar-refractivity contribution in [3.05, 3.63) is 15.9 Å². The molecule has 0 aromatic carbocycles. The molecule has 18 heavy (non-hydrogen) atoms. The van der Waals surface area contributed by atoms with E-state index < -0.39 is 0 Å². The average Bonchev–Trinajstić information content (AvgIpc) is 2.94. The number of aryl methyl sites for hydroxylation is 1. The van der Waals surface area contributed by atoms with Crippen molar-refractivity contribution >= 4 is 21.8 Å². The van der Waals surface area contributed by atoms with Crippen LogP contribution in [0.25, 0.3) is 0 Å². The van der Waals surface area contributed by atoms with E-state index in [9.17, 15) is 4.79 Å². The van der Waals surface area contributed by atoms with Crippen LogP contribution in [-0.2, 0) is 11.8 Å². The molecule has 0 saturated carbocycles. The molecule has 2 heterocycles. The highest BCUT2D eigenvalue weighted by atomic mass is 79.9. The molecule has 0 spiro atoms. The van der Waals surface area contributed by atoms with Crippen molar-refractivity contribution in [2.75, 3.05) is 6.61 Å². The number of hydrogen-bond donors (Lipinski definition) is 1. The van der Waals surface area contributed by atoms with Crippen molar-refractivity contribution in [1.82, 2.24) is 15.1 Å². The first-order valence-electron chi connectivity index (χ1n) is 6.12. The molecule has 1 aromatic rings. The van der Waals surface area contributed by atoms with Gasteiger partial charge in [0.05, 0.1) is 22.3 Å². The van der Waals surface area contributed by atoms with Gasteiger partial charge in [-0.3, -0.25) is 9.48 Å². The summed E-state index contributed by atoms with van der Waals surface area (Å²) in [5, 5.41) is 7.16. The number of hydrogen-bond acceptors (Lipinski definition) is 3. The molecule has 1 aliphatic rings. The largest absolute Gasteiger partial charge is 0.376 e. The summed E-state index contributed by atoms with van der Waals surface area (Å²) in [4.78, 5) is 12.1. The number of carbonyl (C=O) groups is 1. The average molecular weight is 316 g/mol. The van der Waals surface area contributed by atoms with Crippen molar-refractivity contribution in [3.63, 3.8) is 0 Å². The fraction of sp³-hybridized carbons (Fsp3) is 0.667. The number of carbonyl (C=O) groups excluding carboxylic acids is 1. The molecule has 0 bridgehead atoms. The predicted octanol–water partition coefficient (Wildman–Crippen LogP) is 1.79. The normalized spacial score (nSPS) is 21.0. The van der Waals surface area contributed by atoms with Gasteiger partial charge in [-0.05, 0) is 42.6 Å². The van der Waals surface area contributed by atoms with Crippen molar-refractivity contribution in [2.45, 2.75) is 38.8 Å². The molecule has 6 heteroatoms. The Hall–Kier alpha value is -0.880. The van der Waals surface area contributed by atoms with Crippen LogP contribution in [0.15, 0.2) is 4.47 Å². The highest BCUT2D eigenvalue weighted by Gasteiger charge is 2.26. The molecule has 1 amide bonds. The van der Waals surface area contributed by atoms with Crippen LogP contribution >= 0.6 is 15.9 Å². The number of rotatable bonds is 3. The second-order valence-corrected chi connectivity index (χ2v) is 5.48. The molecule has 1 aliphatic heterocycles. The van der Waals surface area contributed by atoms with Gasteiger partial charge in [-0.1, -0.05) is 0 Å². The van der Waals surface area contributed by atoms with Gasteiger partial charge < -0.3 is 10.1 Å². The van der Waals surface area contributed by atoms with Crippen molar-refractivity contribution in [1.29, 1.82) is 0 Å². The first-order valence-corrected chi connectivity index (χ1v) is 6.91. The molecule has 0 aliphatic carbocycles. The molecule has 2 atom stereocenters. The lowest BCUT2D eigenvalue weighted by atomic mass is 10.1. The molecule has 1 N–H and O–H groups in total. The van der Waals surface area contributed by atoms with Crippen molar-refractivity contribution < 1.29 is 9.53 Å². The maximum Gasteiger partial charge on any atom is 0.273 e. The van der Waals surface area contributed by atoms with Gasteiger partial charge in [-0.2, -0.15) is 5.10 Å². The van der Waals surface area contributed by atoms with Crippen LogP contribution in [0, 0.1) is 6.92 Å². The zero-order valence-corrected chi connectivity index (χ0v) is 12.5. The van der Waals surface area contributed by atoms with Crippen LogP contribution in [0.3, 0.4) is 0 Å². The molecule has 2 rings (SSSR count). The van der Waals surface area contributed by atoms with Gasteiger partial charge in [-0.25, -0.2) is 0 Å². The molecule has 1 saturated heterocycles. The number of aromatic nitrogens is 2. The summed E-state index contributed by atoms with van der Waals surface area (Å²) in [5.74, 6) is -0.159. The third-order valence-corrected chi connectivity index (χ3v) is 4.31. The Morgan fingerprint density at radius 1 is 1.67 bits per heavy atom. The highest BCUT2D eigenvalue weighted by molar-refractivity contribution is 9.10. The molecule has 5 nitrogen and oxygen atoms in total. The lowest BCUT2D eigenvalue weighted by Gasteiger charge is -2.19. The minimum absolute atomic E-state index is 0.00853. The standard InChI is InChI=1S/C12H18BrN3O2/c1-7(9-5-4-6-18-9)14-12(17)11-10(13)8(2)16(3)15-11/h7,9H,4-6H2,1-3H3,(H,14,17)/t7-,9-/m0/s1. The Bertz CT molecular complexity index is 452. The first kappa shape index (κ1) is 13.5. The highest BCUT2D eigenvalue weighted by Crippen LogP contribution is 2.21. The van der Waals surface area contributed by atoms with E-state index >= 15 is 0 Å². The number of nitrogens with zero attached hydrogens (tertiary/aromatic N) is 2. The van der Waals surface area contributed by atoms with Crippen LogP contribution in [0.2, 0.25) is 0 Å². The van der Waals surface area contributed by atoms with Gasteiger partial charge in [-0.15, -0.1) is 0 Å². The second kappa shape index (κ2) is 5.40. The zero-order valence-electron chi connectivity index (χ0n) is 10.9. The third kappa shape index (κ3) is 2.59. The van der Waals surface area contributed by atoms with Crippen LogP contribution in [0.5, 0.6) is 0 Å². The van der Waals surface area contributed by atoms with E-state index in [2.05, 4.69) is 26.3 Å². The number of nitrogens with one attached hydrogen (secondary N) is 1. The Balaban J connectivity index is 2.04. The SMILES string of the molecule is Cc1c(Br)c(C(=O)N[C@@H](C)[C@@H]2CCCO2)nn1C. The summed E-state index contributed by atoms with van der Waals surface area (Å²) < 4.78 is 8.00. The predicted molar refractivity (Wildman–Crippen MR) is 71.5 cm³/mol. The van der Waals surface area contributed by atoms with Gasteiger partial charge in [0.1, 0.15) is 0 Å². The van der Waals surface area contributed by atoms with Crippen LogP contribution in [0.4, 0.5) is 0 Å². The van der Waals surface area contributed by atoms with E-state index in [0.29, 0.717) is 5.69 Å². The molecular weight excluding hydrogens is 298 g/mol. The molecule has 100 valence electrons. The van der Waals surface area contributed by atoms with Crippen LogP contribution in [-0.4, -0.2) is 34.4 Å². The Morgan fingerprint density at radius 3 is 2.89 bits per heavy atom. The molecule has 0 radical (unpaired) electrons. The van der Waals surface area contributed by atoms with E-state index in [0.717, 1.165) is 29.6 Å². The number of halogens is 1. The van der Waals surface area contributed by atoms with Crippen molar-refractivity contribution in [3.8, 4) is 0 Å². The molecule has 0 unspecified atom stereocenters. The Labute approximate surface area is 115 Å². The van der Waals surface area contributed by atoms with E-state index in [1.807, 2.05) is 20.9 Å². The van der Waals surface area contributed by atoms with Gasteiger partial charge >= 0.3 is 0 Å². The van der Waals surface area contributed by atoms with E-state index in [1.54, 1.807) is 4.68 Å². The first-order chi connectivity index (χ1) is 8.50. The number of ether oxygens (including phenoxy) is 1. The van der Waals surface area contributed by atoms with Crippen LogP contribution in [0.1, 0.15) is 35.9 Å². The zero-order chi connectivity index (χ0) is 13.3. The Kier molecular flexibility index (Phi) is 4.07. The minimum Gasteiger partial charge on any atom is -0.376 e. The lowest BCUT2D eigenvalue weighted by Crippen LogP contribution is -2.41. The summed E-state index contributed by atoms with van der Waals surface area (Å²) in [6.45, 7) is 4.67. The van der Waals surface area contributed by atoms with E-state index in [4.69, 9.17) is 4.74 Å². The second-order valence-electron chi connectivity index (χ2n) is 4.69. The van der Waals surface area contributed by atoms with Crippen LogP contribution < -0.4 is 5.32 Å². The van der Waals surface area contributed by atoms with E-state index in [1.165, 1.54) is 0 Å². The molecule has 1 fully saturated rings. The lowest BCUT2D eigenvalue weighted by molar-refractivity contribution is 0.0708. The van der Waals surface area contributed by atoms with Gasteiger partial charge in [0.15, 0.2) is 5.69 Å². The number of amides is 1. The fourth-order valence-corrected chi connectivity index (χ4v) is 2.61. The van der Waals surface area contributed by atoms with Crippen molar-refractivity contribution in [2.24, 2.45) is 7.05 Å². The summed E-state index contributed by atoms with van der Waals surface area (Å²) in [5.41, 5.74) is 1.37. The summed E-state index contributed by atoms with van der Waals surface area (Å²) in [6.07, 6.45) is 2.19. The monoisotopic (exact) mass is 315 g/mol. The minimum atomic E-state index is -0.159. The summed E-state index contributed by atoms with van der Waals surface area (Å²) in [6, 6.07) is 0.00853. The molecule has 1 aromatic heterocycles. The smallest absolute Gasteiger partial charge is 0.273 e. The fourth-order valence-electron chi connectivity index (χ4n) is 2.09. The topological polar surface area (TPSA) is 56.1 Å². The molecular formula is C12H18BrN3O2. The maximum atomic E-state index is 12.1. The summed E-state index contributed by atoms with van der Waals surface area (Å²) >= 11 is 3.40. The maximum absolute atomic E-state index is 12.1.